The van der Waals surface area contributed by atoms with E-state index in [9.17, 15) is 0 Å². The topological polar surface area (TPSA) is 21.3 Å². The molecule has 0 heterocycles. The molecule has 1 aromatic carbocycles. The first-order valence-electron chi connectivity index (χ1n) is 5.78. The van der Waals surface area contributed by atoms with Crippen molar-refractivity contribution in [3.05, 3.63) is 32.7 Å². The SMILES string of the molecule is COc1c(Br)cc(Br)cc1C=CCNC(C)(C)C. The zero-order valence-electron chi connectivity index (χ0n) is 11.2. The van der Waals surface area contributed by atoms with Crippen LogP contribution in [0.25, 0.3) is 6.08 Å². The summed E-state index contributed by atoms with van der Waals surface area (Å²) in [5.41, 5.74) is 1.18. The van der Waals surface area contributed by atoms with Crippen molar-refractivity contribution in [1.82, 2.24) is 5.32 Å². The molecule has 0 unspecified atom stereocenters. The van der Waals surface area contributed by atoms with Gasteiger partial charge in [-0.3, -0.25) is 0 Å². The predicted octanol–water partition coefficient (Wildman–Crippen LogP) is 4.62. The van der Waals surface area contributed by atoms with Crippen LogP contribution in [0.2, 0.25) is 0 Å². The van der Waals surface area contributed by atoms with Gasteiger partial charge in [0.25, 0.3) is 0 Å². The maximum Gasteiger partial charge on any atom is 0.140 e. The molecule has 1 rings (SSSR count). The van der Waals surface area contributed by atoms with E-state index in [4.69, 9.17) is 4.74 Å². The van der Waals surface area contributed by atoms with Gasteiger partial charge < -0.3 is 10.1 Å². The summed E-state index contributed by atoms with van der Waals surface area (Å²) in [5, 5.41) is 3.41. The number of halogens is 2. The van der Waals surface area contributed by atoms with E-state index in [1.807, 2.05) is 12.1 Å². The number of methoxy groups -OCH3 is 1. The van der Waals surface area contributed by atoms with Gasteiger partial charge in [-0.1, -0.05) is 28.1 Å². The Morgan fingerprint density at radius 3 is 2.50 bits per heavy atom. The molecule has 0 spiro atoms. The highest BCUT2D eigenvalue weighted by molar-refractivity contribution is 9.11. The van der Waals surface area contributed by atoms with Gasteiger partial charge in [0.05, 0.1) is 11.6 Å². The number of ether oxygens (including phenoxy) is 1. The van der Waals surface area contributed by atoms with Crippen LogP contribution in [0.15, 0.2) is 27.2 Å². The Labute approximate surface area is 126 Å². The van der Waals surface area contributed by atoms with Crippen LogP contribution in [0.3, 0.4) is 0 Å². The lowest BCUT2D eigenvalue weighted by Crippen LogP contribution is -2.35. The van der Waals surface area contributed by atoms with Crippen molar-refractivity contribution in [3.8, 4) is 5.75 Å². The molecular weight excluding hydrogens is 358 g/mol. The van der Waals surface area contributed by atoms with E-state index in [0.717, 1.165) is 26.8 Å². The Kier molecular flexibility index (Phi) is 5.89. The van der Waals surface area contributed by atoms with Gasteiger partial charge in [-0.2, -0.15) is 0 Å². The van der Waals surface area contributed by atoms with E-state index in [1.165, 1.54) is 0 Å². The summed E-state index contributed by atoms with van der Waals surface area (Å²) in [5.74, 6) is 0.852. The van der Waals surface area contributed by atoms with Crippen LogP contribution in [-0.4, -0.2) is 19.2 Å². The van der Waals surface area contributed by atoms with E-state index in [2.05, 4.69) is 70.1 Å². The second-order valence-electron chi connectivity index (χ2n) is 5.04. The standard InChI is InChI=1S/C14H19Br2NO/c1-14(2,3)17-7-5-6-10-8-11(15)9-12(16)13(10)18-4/h5-6,8-9,17H,7H2,1-4H3. The summed E-state index contributed by atoms with van der Waals surface area (Å²) >= 11 is 6.98. The molecule has 1 N–H and O–H groups in total. The Bertz CT molecular complexity index is 436. The van der Waals surface area contributed by atoms with Gasteiger partial charge in [-0.25, -0.2) is 0 Å². The van der Waals surface area contributed by atoms with Gasteiger partial charge >= 0.3 is 0 Å². The third kappa shape index (κ3) is 5.12. The molecule has 0 aromatic heterocycles. The number of hydrogen-bond acceptors (Lipinski definition) is 2. The Morgan fingerprint density at radius 2 is 1.94 bits per heavy atom. The highest BCUT2D eigenvalue weighted by Crippen LogP contribution is 2.33. The van der Waals surface area contributed by atoms with Crippen molar-refractivity contribution in [2.75, 3.05) is 13.7 Å². The molecule has 2 nitrogen and oxygen atoms in total. The summed E-state index contributed by atoms with van der Waals surface area (Å²) in [6, 6.07) is 4.01. The molecule has 0 amide bonds. The maximum absolute atomic E-state index is 5.39. The molecule has 4 heteroatoms. The molecule has 0 saturated carbocycles. The van der Waals surface area contributed by atoms with E-state index in [1.54, 1.807) is 7.11 Å². The highest BCUT2D eigenvalue weighted by Gasteiger charge is 2.08. The van der Waals surface area contributed by atoms with Gasteiger partial charge in [0, 0.05) is 22.1 Å². The van der Waals surface area contributed by atoms with Crippen molar-refractivity contribution in [1.29, 1.82) is 0 Å². The molecule has 0 fully saturated rings. The molecule has 1 aromatic rings. The third-order valence-electron chi connectivity index (χ3n) is 2.29. The van der Waals surface area contributed by atoms with E-state index in [0.29, 0.717) is 0 Å². The second kappa shape index (κ2) is 6.73. The Morgan fingerprint density at radius 1 is 1.28 bits per heavy atom. The lowest BCUT2D eigenvalue weighted by molar-refractivity contribution is 0.411. The van der Waals surface area contributed by atoms with Crippen molar-refractivity contribution < 1.29 is 4.74 Å². The Balaban J connectivity index is 2.80. The molecule has 0 aliphatic carbocycles. The summed E-state index contributed by atoms with van der Waals surface area (Å²) in [6.07, 6.45) is 4.16. The molecule has 0 aliphatic heterocycles. The average Bonchev–Trinajstić information content (AvgIpc) is 2.22. The van der Waals surface area contributed by atoms with Gasteiger partial charge in [-0.15, -0.1) is 0 Å². The van der Waals surface area contributed by atoms with Gasteiger partial charge in [0.15, 0.2) is 0 Å². The molecule has 100 valence electrons. The molecule has 0 aliphatic rings. The molecule has 0 radical (unpaired) electrons. The largest absolute Gasteiger partial charge is 0.495 e. The molecule has 0 atom stereocenters. The Hall–Kier alpha value is -0.320. The monoisotopic (exact) mass is 375 g/mol. The number of nitrogens with one attached hydrogen (secondary N) is 1. The molecule has 0 saturated heterocycles. The zero-order chi connectivity index (χ0) is 13.8. The van der Waals surface area contributed by atoms with Crippen LogP contribution < -0.4 is 10.1 Å². The van der Waals surface area contributed by atoms with E-state index in [-0.39, 0.29) is 5.54 Å². The quantitative estimate of drug-likeness (QED) is 0.827. The van der Waals surface area contributed by atoms with Crippen molar-refractivity contribution >= 4 is 37.9 Å². The highest BCUT2D eigenvalue weighted by atomic mass is 79.9. The minimum atomic E-state index is 0.131. The second-order valence-corrected chi connectivity index (χ2v) is 6.81. The van der Waals surface area contributed by atoms with Crippen molar-refractivity contribution in [2.45, 2.75) is 26.3 Å². The number of rotatable bonds is 4. The molecule has 18 heavy (non-hydrogen) atoms. The minimum Gasteiger partial charge on any atom is -0.495 e. The third-order valence-corrected chi connectivity index (χ3v) is 3.34. The predicted molar refractivity (Wildman–Crippen MR) is 85.2 cm³/mol. The number of hydrogen-bond donors (Lipinski definition) is 1. The fourth-order valence-corrected chi connectivity index (χ4v) is 2.89. The van der Waals surface area contributed by atoms with Crippen molar-refractivity contribution in [3.63, 3.8) is 0 Å². The smallest absolute Gasteiger partial charge is 0.140 e. The van der Waals surface area contributed by atoms with Gasteiger partial charge in [0.2, 0.25) is 0 Å². The van der Waals surface area contributed by atoms with Gasteiger partial charge in [0.1, 0.15) is 5.75 Å². The normalized spacial score (nSPS) is 12.1. The summed E-state index contributed by atoms with van der Waals surface area (Å²) in [4.78, 5) is 0. The summed E-state index contributed by atoms with van der Waals surface area (Å²) in [7, 11) is 1.68. The van der Waals surface area contributed by atoms with E-state index >= 15 is 0 Å². The fraction of sp³-hybridized carbons (Fsp3) is 0.429. The van der Waals surface area contributed by atoms with E-state index < -0.39 is 0 Å². The first-order valence-corrected chi connectivity index (χ1v) is 7.36. The average molecular weight is 377 g/mol. The van der Waals surface area contributed by atoms with Gasteiger partial charge in [-0.05, 0) is 48.8 Å². The van der Waals surface area contributed by atoms with Crippen LogP contribution in [-0.2, 0) is 0 Å². The van der Waals surface area contributed by atoms with Crippen LogP contribution in [0.4, 0.5) is 0 Å². The van der Waals surface area contributed by atoms with Crippen LogP contribution in [0.5, 0.6) is 5.75 Å². The molecule has 0 bridgehead atoms. The van der Waals surface area contributed by atoms with Crippen LogP contribution in [0, 0.1) is 0 Å². The summed E-state index contributed by atoms with van der Waals surface area (Å²) in [6.45, 7) is 7.28. The lowest BCUT2D eigenvalue weighted by Gasteiger charge is -2.19. The molecular formula is C14H19Br2NO. The minimum absolute atomic E-state index is 0.131. The lowest BCUT2D eigenvalue weighted by atomic mass is 10.1. The first kappa shape index (κ1) is 15.7. The fourth-order valence-electron chi connectivity index (χ4n) is 1.47. The van der Waals surface area contributed by atoms with Crippen LogP contribution in [0.1, 0.15) is 26.3 Å². The van der Waals surface area contributed by atoms with Crippen molar-refractivity contribution in [2.24, 2.45) is 0 Å². The first-order chi connectivity index (χ1) is 8.33. The number of benzene rings is 1. The summed E-state index contributed by atoms with van der Waals surface area (Å²) < 4.78 is 7.36. The maximum atomic E-state index is 5.39. The zero-order valence-corrected chi connectivity index (χ0v) is 14.4. The van der Waals surface area contributed by atoms with Crippen LogP contribution >= 0.6 is 31.9 Å².